The number of halogens is 2. The van der Waals surface area contributed by atoms with Crippen LogP contribution in [-0.4, -0.2) is 18.3 Å². The van der Waals surface area contributed by atoms with Gasteiger partial charge in [0.2, 0.25) is 0 Å². The molecular weight excluding hydrogens is 322 g/mol. The summed E-state index contributed by atoms with van der Waals surface area (Å²) in [5.41, 5.74) is 0.131. The van der Waals surface area contributed by atoms with Crippen molar-refractivity contribution in [2.75, 3.05) is 12.4 Å². The van der Waals surface area contributed by atoms with Crippen molar-refractivity contribution in [1.29, 1.82) is 0 Å². The van der Waals surface area contributed by atoms with Gasteiger partial charge in [0.1, 0.15) is 0 Å². The monoisotopic (exact) mass is 335 g/mol. The van der Waals surface area contributed by atoms with Gasteiger partial charge in [-0.05, 0) is 40.9 Å². The topological polar surface area (TPSA) is 29.1 Å². The van der Waals surface area contributed by atoms with Crippen molar-refractivity contribution in [3.05, 3.63) is 20.8 Å². The fourth-order valence-corrected chi connectivity index (χ4v) is 3.94. The summed E-state index contributed by atoms with van der Waals surface area (Å²) in [7, 11) is 0. The van der Waals surface area contributed by atoms with E-state index in [1.807, 2.05) is 12.1 Å². The molecule has 2 nitrogen and oxygen atoms in total. The Kier molecular flexibility index (Phi) is 4.50. The number of hydrogen-bond donors (Lipinski definition) is 1. The van der Waals surface area contributed by atoms with Crippen LogP contribution in [-0.2, 0) is 0 Å². The Hall–Kier alpha value is -0.0600. The maximum Gasteiger partial charge on any atom is 0.261 e. The summed E-state index contributed by atoms with van der Waals surface area (Å²) in [6.07, 6.45) is 4.72. The second-order valence-electron chi connectivity index (χ2n) is 4.63. The second-order valence-corrected chi connectivity index (χ2v) is 7.36. The summed E-state index contributed by atoms with van der Waals surface area (Å²) in [5, 5.41) is 3.01. The van der Waals surface area contributed by atoms with Gasteiger partial charge in [-0.3, -0.25) is 4.79 Å². The maximum absolute atomic E-state index is 11.9. The van der Waals surface area contributed by atoms with Gasteiger partial charge in [0, 0.05) is 17.8 Å². The molecule has 1 N–H and O–H groups in total. The summed E-state index contributed by atoms with van der Waals surface area (Å²) in [5.74, 6) is 0.651. The Balaban J connectivity index is 1.91. The van der Waals surface area contributed by atoms with E-state index < -0.39 is 0 Å². The van der Waals surface area contributed by atoms with Gasteiger partial charge < -0.3 is 5.32 Å². The number of thiophene rings is 1. The fraction of sp³-hybridized carbons (Fsp3) is 0.583. The molecule has 94 valence electrons. The van der Waals surface area contributed by atoms with Gasteiger partial charge in [-0.1, -0.05) is 12.8 Å². The van der Waals surface area contributed by atoms with Gasteiger partial charge in [0.25, 0.3) is 5.91 Å². The molecule has 0 atom stereocenters. The van der Waals surface area contributed by atoms with Gasteiger partial charge in [-0.15, -0.1) is 22.9 Å². The van der Waals surface area contributed by atoms with Crippen molar-refractivity contribution in [3.8, 4) is 0 Å². The van der Waals surface area contributed by atoms with Crippen LogP contribution in [0.1, 0.15) is 35.4 Å². The normalized spacial score (nSPS) is 18.2. The molecule has 0 bridgehead atoms. The molecule has 1 saturated carbocycles. The molecular formula is C12H15BrClNOS. The van der Waals surface area contributed by atoms with Crippen molar-refractivity contribution in [1.82, 2.24) is 5.32 Å². The van der Waals surface area contributed by atoms with Gasteiger partial charge >= 0.3 is 0 Å². The van der Waals surface area contributed by atoms with Gasteiger partial charge in [-0.2, -0.15) is 0 Å². The van der Waals surface area contributed by atoms with E-state index in [9.17, 15) is 4.79 Å². The Bertz CT molecular complexity index is 401. The first-order chi connectivity index (χ1) is 8.15. The quantitative estimate of drug-likeness (QED) is 0.826. The molecule has 0 radical (unpaired) electrons. The molecule has 1 aromatic rings. The van der Waals surface area contributed by atoms with E-state index in [1.165, 1.54) is 24.2 Å². The molecule has 5 heteroatoms. The van der Waals surface area contributed by atoms with Crippen LogP contribution in [0.3, 0.4) is 0 Å². The minimum atomic E-state index is 0.0112. The van der Waals surface area contributed by atoms with E-state index in [2.05, 4.69) is 21.2 Å². The van der Waals surface area contributed by atoms with E-state index in [0.717, 1.165) is 21.5 Å². The molecule has 0 spiro atoms. The van der Waals surface area contributed by atoms with Crippen molar-refractivity contribution < 1.29 is 4.79 Å². The molecule has 1 amide bonds. The Morgan fingerprint density at radius 3 is 2.71 bits per heavy atom. The fourth-order valence-electron chi connectivity index (χ4n) is 2.27. The third-order valence-corrected chi connectivity index (χ3v) is 5.56. The second kappa shape index (κ2) is 5.72. The number of carbonyl (C=O) groups is 1. The van der Waals surface area contributed by atoms with Crippen LogP contribution in [0.15, 0.2) is 15.9 Å². The molecule has 1 aliphatic rings. The van der Waals surface area contributed by atoms with E-state index in [1.54, 1.807) is 0 Å². The van der Waals surface area contributed by atoms with E-state index in [4.69, 9.17) is 11.6 Å². The summed E-state index contributed by atoms with van der Waals surface area (Å²) in [6.45, 7) is 0.699. The first kappa shape index (κ1) is 13.4. The lowest BCUT2D eigenvalue weighted by atomic mass is 9.88. The minimum absolute atomic E-state index is 0.0112. The molecule has 2 rings (SSSR count). The highest BCUT2D eigenvalue weighted by atomic mass is 79.9. The van der Waals surface area contributed by atoms with E-state index >= 15 is 0 Å². The molecule has 17 heavy (non-hydrogen) atoms. The summed E-state index contributed by atoms with van der Waals surface area (Å²) in [4.78, 5) is 12.7. The largest absolute Gasteiger partial charge is 0.351 e. The average molecular weight is 337 g/mol. The van der Waals surface area contributed by atoms with E-state index in [0.29, 0.717) is 12.4 Å². The summed E-state index contributed by atoms with van der Waals surface area (Å²) < 4.78 is 0.982. The van der Waals surface area contributed by atoms with Crippen molar-refractivity contribution in [3.63, 3.8) is 0 Å². The van der Waals surface area contributed by atoms with Crippen LogP contribution in [0, 0.1) is 5.41 Å². The highest BCUT2D eigenvalue weighted by Gasteiger charge is 2.33. The molecule has 1 heterocycles. The molecule has 0 aromatic carbocycles. The Morgan fingerprint density at radius 1 is 1.47 bits per heavy atom. The minimum Gasteiger partial charge on any atom is -0.351 e. The number of alkyl halides is 1. The molecule has 0 aliphatic heterocycles. The first-order valence-electron chi connectivity index (χ1n) is 5.75. The summed E-state index contributed by atoms with van der Waals surface area (Å²) >= 11 is 10.9. The van der Waals surface area contributed by atoms with Crippen LogP contribution in [0.25, 0.3) is 0 Å². The zero-order chi connectivity index (χ0) is 12.3. The highest BCUT2D eigenvalue weighted by Crippen LogP contribution is 2.38. The third-order valence-electron chi connectivity index (χ3n) is 3.37. The Labute approximate surface area is 119 Å². The van der Waals surface area contributed by atoms with Crippen LogP contribution in [0.4, 0.5) is 0 Å². The zero-order valence-electron chi connectivity index (χ0n) is 9.47. The highest BCUT2D eigenvalue weighted by molar-refractivity contribution is 9.11. The molecule has 0 unspecified atom stereocenters. The molecule has 1 aliphatic carbocycles. The SMILES string of the molecule is O=C(NCC1(CCl)CCCC1)c1ccc(Br)s1. The van der Waals surface area contributed by atoms with Crippen molar-refractivity contribution in [2.24, 2.45) is 5.41 Å². The lowest BCUT2D eigenvalue weighted by molar-refractivity contribution is 0.0939. The smallest absolute Gasteiger partial charge is 0.261 e. The number of rotatable bonds is 4. The van der Waals surface area contributed by atoms with Crippen molar-refractivity contribution in [2.45, 2.75) is 25.7 Å². The van der Waals surface area contributed by atoms with Gasteiger partial charge in [0.15, 0.2) is 0 Å². The number of nitrogens with one attached hydrogen (secondary N) is 1. The lowest BCUT2D eigenvalue weighted by Gasteiger charge is -2.26. The predicted molar refractivity (Wildman–Crippen MR) is 76.0 cm³/mol. The molecule has 1 aromatic heterocycles. The standard InChI is InChI=1S/C12H15BrClNOS/c13-10-4-3-9(17-10)11(16)15-8-12(7-14)5-1-2-6-12/h3-4H,1-2,5-8H2,(H,15,16). The van der Waals surface area contributed by atoms with Crippen LogP contribution >= 0.6 is 38.9 Å². The van der Waals surface area contributed by atoms with Gasteiger partial charge in [-0.25, -0.2) is 0 Å². The molecule has 1 fully saturated rings. The maximum atomic E-state index is 11.9. The van der Waals surface area contributed by atoms with Crippen LogP contribution in [0.2, 0.25) is 0 Å². The first-order valence-corrected chi connectivity index (χ1v) is 7.89. The molecule has 0 saturated heterocycles. The predicted octanol–water partition coefficient (Wildman–Crippen LogP) is 4.04. The number of amides is 1. The number of hydrogen-bond acceptors (Lipinski definition) is 2. The lowest BCUT2D eigenvalue weighted by Crippen LogP contribution is -2.36. The van der Waals surface area contributed by atoms with Crippen LogP contribution in [0.5, 0.6) is 0 Å². The van der Waals surface area contributed by atoms with E-state index in [-0.39, 0.29) is 11.3 Å². The van der Waals surface area contributed by atoms with Gasteiger partial charge in [0.05, 0.1) is 8.66 Å². The zero-order valence-corrected chi connectivity index (χ0v) is 12.6. The average Bonchev–Trinajstić information content (AvgIpc) is 2.95. The van der Waals surface area contributed by atoms with Crippen molar-refractivity contribution >= 4 is 44.8 Å². The number of carbonyl (C=O) groups excluding carboxylic acids is 1. The van der Waals surface area contributed by atoms with Crippen LogP contribution < -0.4 is 5.32 Å². The summed E-state index contributed by atoms with van der Waals surface area (Å²) in [6, 6.07) is 3.73. The third kappa shape index (κ3) is 3.24. The Morgan fingerprint density at radius 2 is 2.18 bits per heavy atom.